The van der Waals surface area contributed by atoms with E-state index in [0.29, 0.717) is 17.1 Å². The van der Waals surface area contributed by atoms with E-state index in [1.165, 1.54) is 16.7 Å². The molecule has 1 N–H and O–H groups in total. The normalized spacial score (nSPS) is 24.8. The van der Waals surface area contributed by atoms with Crippen molar-refractivity contribution in [3.05, 3.63) is 40.8 Å². The van der Waals surface area contributed by atoms with Crippen molar-refractivity contribution in [1.29, 1.82) is 0 Å². The number of fused-ring (bicyclic) bond motifs is 2. The van der Waals surface area contributed by atoms with Crippen LogP contribution in [0.3, 0.4) is 0 Å². The Bertz CT molecular complexity index is 960. The zero-order chi connectivity index (χ0) is 19.3. The van der Waals surface area contributed by atoms with Crippen LogP contribution in [0.1, 0.15) is 19.7 Å². The number of carbonyl (C=O) groups excluding carboxylic acids is 2. The second kappa shape index (κ2) is 8.16. The predicted octanol–water partition coefficient (Wildman–Crippen LogP) is -3.17. The van der Waals surface area contributed by atoms with Crippen LogP contribution in [0.15, 0.2) is 35.0 Å². The molecule has 0 bridgehead atoms. The van der Waals surface area contributed by atoms with Gasteiger partial charge in [0.1, 0.15) is 5.82 Å². The molecule has 2 aliphatic rings. The molecule has 0 spiro atoms. The maximum absolute atomic E-state index is 12.3. The molecule has 1 fully saturated rings. The third kappa shape index (κ3) is 3.29. The fraction of sp³-hybridized carbons (Fsp3) is 0.444. The molecule has 2 aliphatic heterocycles. The number of carbonyl (C=O) groups is 2. The number of carboxylic acids is 1. The Morgan fingerprint density at radius 2 is 2.14 bits per heavy atom. The summed E-state index contributed by atoms with van der Waals surface area (Å²) in [6.07, 6.45) is 1.68. The first-order chi connectivity index (χ1) is 12.9. The molecule has 0 aromatic carbocycles. The van der Waals surface area contributed by atoms with Gasteiger partial charge >= 0.3 is 29.6 Å². The van der Waals surface area contributed by atoms with Gasteiger partial charge in [0.15, 0.2) is 5.65 Å². The van der Waals surface area contributed by atoms with E-state index >= 15 is 0 Å². The van der Waals surface area contributed by atoms with E-state index in [9.17, 15) is 19.8 Å². The van der Waals surface area contributed by atoms with Crippen molar-refractivity contribution >= 4 is 29.3 Å². The van der Waals surface area contributed by atoms with E-state index in [1.807, 2.05) is 35.7 Å². The fourth-order valence-corrected chi connectivity index (χ4v) is 5.24. The van der Waals surface area contributed by atoms with Crippen molar-refractivity contribution < 1.29 is 49.4 Å². The van der Waals surface area contributed by atoms with Gasteiger partial charge in [-0.3, -0.25) is 9.20 Å². The Hall–Kier alpha value is -1.39. The first-order valence-corrected chi connectivity index (χ1v) is 9.78. The molecule has 28 heavy (non-hydrogen) atoms. The topological polar surface area (TPSA) is 111 Å². The number of β-lactam (4-membered cyclic amide) rings is 1. The largest absolute Gasteiger partial charge is 1.00 e. The minimum absolute atomic E-state index is 0. The molecule has 4 atom stereocenters. The van der Waals surface area contributed by atoms with Gasteiger partial charge in [0, 0.05) is 29.2 Å². The molecule has 1 saturated heterocycles. The summed E-state index contributed by atoms with van der Waals surface area (Å²) in [6.45, 7) is 3.46. The standard InChI is InChI=1S/C18H20N4O4S.Na/c1-9-14-13(10(2)23)17(24)22(14)15(18(25)26)16(9)27-8-6-12-20-19-11-5-3-4-7-21(11)12;/h3-5,7,9-10,13-14,23H,6,8H2,1-2H3,(H,25,26);/q;+1/p-1/t9-,10-,13-,14-;/m1./s1. The second-order valence-corrected chi connectivity index (χ2v) is 8.03. The molecule has 142 valence electrons. The molecule has 0 unspecified atom stereocenters. The van der Waals surface area contributed by atoms with Crippen LogP contribution in [0.25, 0.3) is 5.65 Å². The number of hydrogen-bond acceptors (Lipinski definition) is 7. The molecule has 4 heterocycles. The molecular formula is C18H19N4NaO4S. The summed E-state index contributed by atoms with van der Waals surface area (Å²) in [4.78, 5) is 25.9. The fourth-order valence-electron chi connectivity index (χ4n) is 4.02. The predicted molar refractivity (Wildman–Crippen MR) is 96.2 cm³/mol. The van der Waals surface area contributed by atoms with Crippen LogP contribution in [0.4, 0.5) is 0 Å². The Morgan fingerprint density at radius 3 is 2.82 bits per heavy atom. The van der Waals surface area contributed by atoms with Crippen LogP contribution in [0.2, 0.25) is 0 Å². The van der Waals surface area contributed by atoms with Crippen molar-refractivity contribution in [2.45, 2.75) is 32.4 Å². The molecule has 10 heteroatoms. The first-order valence-electron chi connectivity index (χ1n) is 8.80. The Labute approximate surface area is 188 Å². The Morgan fingerprint density at radius 1 is 1.39 bits per heavy atom. The monoisotopic (exact) mass is 410 g/mol. The van der Waals surface area contributed by atoms with Crippen LogP contribution in [0.5, 0.6) is 0 Å². The van der Waals surface area contributed by atoms with Gasteiger partial charge < -0.3 is 19.9 Å². The molecule has 0 saturated carbocycles. The average molecular weight is 410 g/mol. The van der Waals surface area contributed by atoms with E-state index in [2.05, 4.69) is 10.2 Å². The number of aryl methyl sites for hydroxylation is 1. The van der Waals surface area contributed by atoms with E-state index in [-0.39, 0.29) is 53.1 Å². The summed E-state index contributed by atoms with van der Waals surface area (Å²) in [7, 11) is 0. The van der Waals surface area contributed by atoms with Gasteiger partial charge in [-0.25, -0.2) is 0 Å². The first kappa shape index (κ1) is 21.3. The molecule has 8 nitrogen and oxygen atoms in total. The van der Waals surface area contributed by atoms with E-state index in [0.717, 1.165) is 11.5 Å². The quantitative estimate of drug-likeness (QED) is 0.395. The summed E-state index contributed by atoms with van der Waals surface area (Å²) in [5.74, 6) is -1.03. The van der Waals surface area contributed by atoms with E-state index < -0.39 is 18.0 Å². The number of carboxylic acid groups (broad SMARTS) is 1. The molecule has 4 rings (SSSR count). The van der Waals surface area contributed by atoms with Crippen molar-refractivity contribution in [2.75, 3.05) is 5.75 Å². The van der Waals surface area contributed by atoms with Crippen LogP contribution in [-0.4, -0.2) is 54.4 Å². The molecule has 1 amide bonds. The van der Waals surface area contributed by atoms with Gasteiger partial charge in [0.2, 0.25) is 5.91 Å². The van der Waals surface area contributed by atoms with Crippen molar-refractivity contribution in [1.82, 2.24) is 19.5 Å². The zero-order valence-electron chi connectivity index (χ0n) is 15.9. The SMILES string of the molecule is C[C@@H](O)[C@H]1C(=O)N2C(C(=O)[O-])=C(SCCc3nnc4ccccn34)[C@H](C)[C@H]12.[Na+]. The van der Waals surface area contributed by atoms with Crippen molar-refractivity contribution in [3.63, 3.8) is 0 Å². The summed E-state index contributed by atoms with van der Waals surface area (Å²) >= 11 is 1.40. The van der Waals surface area contributed by atoms with Gasteiger partial charge in [-0.05, 0) is 19.1 Å². The summed E-state index contributed by atoms with van der Waals surface area (Å²) < 4.78 is 1.90. The van der Waals surface area contributed by atoms with Crippen molar-refractivity contribution in [3.8, 4) is 0 Å². The number of amides is 1. The third-order valence-electron chi connectivity index (χ3n) is 5.27. The number of aliphatic hydroxyl groups is 1. The Balaban J connectivity index is 0.00000225. The maximum atomic E-state index is 12.3. The van der Waals surface area contributed by atoms with E-state index in [1.54, 1.807) is 6.92 Å². The minimum Gasteiger partial charge on any atom is -0.543 e. The van der Waals surface area contributed by atoms with Gasteiger partial charge in [-0.2, -0.15) is 0 Å². The summed E-state index contributed by atoms with van der Waals surface area (Å²) in [6, 6.07) is 5.34. The molecule has 2 aromatic rings. The Kier molecular flexibility index (Phi) is 6.21. The number of aromatic nitrogens is 3. The second-order valence-electron chi connectivity index (χ2n) is 6.90. The van der Waals surface area contributed by atoms with Gasteiger partial charge in [-0.15, -0.1) is 22.0 Å². The maximum Gasteiger partial charge on any atom is 1.00 e. The van der Waals surface area contributed by atoms with Crippen LogP contribution < -0.4 is 34.7 Å². The number of aliphatic carboxylic acids is 1. The van der Waals surface area contributed by atoms with Crippen LogP contribution >= 0.6 is 11.8 Å². The molecule has 2 aromatic heterocycles. The van der Waals surface area contributed by atoms with E-state index in [4.69, 9.17) is 0 Å². The number of nitrogens with zero attached hydrogens (tertiary/aromatic N) is 4. The number of pyridine rings is 1. The molecule has 0 aliphatic carbocycles. The number of thioether (sulfide) groups is 1. The minimum atomic E-state index is -1.35. The number of hydrogen-bond donors (Lipinski definition) is 1. The van der Waals surface area contributed by atoms with Gasteiger partial charge in [0.25, 0.3) is 0 Å². The number of aliphatic hydroxyl groups excluding tert-OH is 1. The summed E-state index contributed by atoms with van der Waals surface area (Å²) in [5, 5.41) is 29.8. The van der Waals surface area contributed by atoms with Crippen LogP contribution in [0, 0.1) is 11.8 Å². The molecule has 0 radical (unpaired) electrons. The van der Waals surface area contributed by atoms with Gasteiger partial charge in [-0.1, -0.05) is 13.0 Å². The zero-order valence-corrected chi connectivity index (χ0v) is 18.7. The smallest absolute Gasteiger partial charge is 0.543 e. The van der Waals surface area contributed by atoms with Crippen molar-refractivity contribution in [2.24, 2.45) is 11.8 Å². The van der Waals surface area contributed by atoms with Gasteiger partial charge in [0.05, 0.1) is 29.7 Å². The third-order valence-corrected chi connectivity index (χ3v) is 6.55. The molecular weight excluding hydrogens is 391 g/mol. The average Bonchev–Trinajstić information content (AvgIpc) is 3.13. The summed E-state index contributed by atoms with van der Waals surface area (Å²) in [5.41, 5.74) is 0.710. The van der Waals surface area contributed by atoms with Crippen LogP contribution in [-0.2, 0) is 16.0 Å². The number of rotatable bonds is 6.